The van der Waals surface area contributed by atoms with Crippen molar-refractivity contribution in [1.29, 1.82) is 0 Å². The Hall–Kier alpha value is -2.21. The Labute approximate surface area is 204 Å². The zero-order valence-electron chi connectivity index (χ0n) is 20.3. The predicted molar refractivity (Wildman–Crippen MR) is 135 cm³/mol. The zero-order valence-corrected chi connectivity index (χ0v) is 21.1. The fourth-order valence-corrected chi connectivity index (χ4v) is 6.92. The lowest BCUT2D eigenvalue weighted by atomic mass is 9.74. The first-order valence-corrected chi connectivity index (χ1v) is 13.4. The average molecular weight is 482 g/mol. The van der Waals surface area contributed by atoms with Crippen LogP contribution >= 0.6 is 0 Å². The van der Waals surface area contributed by atoms with Crippen LogP contribution in [0.25, 0.3) is 0 Å². The van der Waals surface area contributed by atoms with Gasteiger partial charge in [-0.05, 0) is 69.7 Å². The van der Waals surface area contributed by atoms with Gasteiger partial charge < -0.3 is 5.11 Å². The molecule has 7 heteroatoms. The SMILES string of the molecule is Cc1ccccc1S(=O)(=O)N1CCCCN2[C@H](CO)[C@H](c3ccc(C#CCN(C)C)cc3)[C@@H]2C1. The fraction of sp³-hybridized carbons (Fsp3) is 0.481. The monoisotopic (exact) mass is 481 g/mol. The lowest BCUT2D eigenvalue weighted by molar-refractivity contribution is -0.0553. The first-order valence-electron chi connectivity index (χ1n) is 12.0. The second-order valence-electron chi connectivity index (χ2n) is 9.58. The van der Waals surface area contributed by atoms with E-state index in [-0.39, 0.29) is 24.6 Å². The molecule has 2 saturated heterocycles. The van der Waals surface area contributed by atoms with Crippen LogP contribution in [-0.2, 0) is 10.0 Å². The van der Waals surface area contributed by atoms with Crippen LogP contribution in [0.3, 0.4) is 0 Å². The highest BCUT2D eigenvalue weighted by Gasteiger charge is 2.50. The summed E-state index contributed by atoms with van der Waals surface area (Å²) in [6.45, 7) is 4.47. The van der Waals surface area contributed by atoms with Gasteiger partial charge in [0.05, 0.1) is 18.0 Å². The molecule has 2 aliphatic rings. The van der Waals surface area contributed by atoms with E-state index in [0.29, 0.717) is 24.5 Å². The average Bonchev–Trinajstić information content (AvgIpc) is 2.78. The van der Waals surface area contributed by atoms with Crippen molar-refractivity contribution >= 4 is 10.0 Å². The molecule has 0 bridgehead atoms. The number of hydrogen-bond donors (Lipinski definition) is 1. The number of benzene rings is 2. The third kappa shape index (κ3) is 5.07. The number of rotatable bonds is 5. The Morgan fingerprint density at radius 2 is 1.76 bits per heavy atom. The minimum absolute atomic E-state index is 0.0109. The number of fused-ring (bicyclic) bond motifs is 1. The van der Waals surface area contributed by atoms with Crippen LogP contribution in [-0.4, -0.2) is 86.6 Å². The molecule has 2 heterocycles. The van der Waals surface area contributed by atoms with Gasteiger partial charge in [0.25, 0.3) is 0 Å². The molecule has 0 unspecified atom stereocenters. The summed E-state index contributed by atoms with van der Waals surface area (Å²) in [6, 6.07) is 15.5. The molecule has 2 fully saturated rings. The summed E-state index contributed by atoms with van der Waals surface area (Å²) >= 11 is 0. The van der Waals surface area contributed by atoms with Crippen molar-refractivity contribution in [2.24, 2.45) is 0 Å². The molecule has 0 saturated carbocycles. The highest BCUT2D eigenvalue weighted by Crippen LogP contribution is 2.42. The van der Waals surface area contributed by atoms with E-state index in [1.807, 2.05) is 50.2 Å². The van der Waals surface area contributed by atoms with Crippen LogP contribution in [0.5, 0.6) is 0 Å². The Morgan fingerprint density at radius 1 is 1.06 bits per heavy atom. The van der Waals surface area contributed by atoms with Gasteiger partial charge in [0.2, 0.25) is 10.0 Å². The van der Waals surface area contributed by atoms with Crippen molar-refractivity contribution in [3.63, 3.8) is 0 Å². The molecule has 34 heavy (non-hydrogen) atoms. The summed E-state index contributed by atoms with van der Waals surface area (Å²) < 4.78 is 28.8. The van der Waals surface area contributed by atoms with Crippen molar-refractivity contribution in [2.75, 3.05) is 46.9 Å². The third-order valence-electron chi connectivity index (χ3n) is 6.97. The van der Waals surface area contributed by atoms with E-state index in [9.17, 15) is 13.5 Å². The Bertz CT molecular complexity index is 1150. The summed E-state index contributed by atoms with van der Waals surface area (Å²) in [5.41, 5.74) is 2.86. The van der Waals surface area contributed by atoms with Crippen LogP contribution in [0.15, 0.2) is 53.4 Å². The topological polar surface area (TPSA) is 64.1 Å². The van der Waals surface area contributed by atoms with E-state index in [1.165, 1.54) is 0 Å². The van der Waals surface area contributed by atoms with Gasteiger partial charge in [-0.1, -0.05) is 42.2 Å². The molecule has 182 valence electrons. The van der Waals surface area contributed by atoms with Gasteiger partial charge in [-0.3, -0.25) is 9.80 Å². The summed E-state index contributed by atoms with van der Waals surface area (Å²) in [5, 5.41) is 10.2. The van der Waals surface area contributed by atoms with Gasteiger partial charge in [-0.2, -0.15) is 4.31 Å². The van der Waals surface area contributed by atoms with Gasteiger partial charge in [0.15, 0.2) is 0 Å². The van der Waals surface area contributed by atoms with Crippen LogP contribution in [0, 0.1) is 18.8 Å². The van der Waals surface area contributed by atoms with Crippen LogP contribution in [0.4, 0.5) is 0 Å². The van der Waals surface area contributed by atoms with E-state index >= 15 is 0 Å². The summed E-state index contributed by atoms with van der Waals surface area (Å²) in [4.78, 5) is 4.72. The number of aliphatic hydroxyl groups is 1. The molecule has 2 aromatic carbocycles. The summed E-state index contributed by atoms with van der Waals surface area (Å²) in [7, 11) is 0.399. The minimum atomic E-state index is -3.59. The second-order valence-corrected chi connectivity index (χ2v) is 11.5. The van der Waals surface area contributed by atoms with E-state index in [2.05, 4.69) is 28.9 Å². The normalized spacial score (nSPS) is 23.9. The molecule has 0 radical (unpaired) electrons. The van der Waals surface area contributed by atoms with Gasteiger partial charge in [0.1, 0.15) is 0 Å². The Morgan fingerprint density at radius 3 is 2.44 bits per heavy atom. The molecule has 6 nitrogen and oxygen atoms in total. The second kappa shape index (κ2) is 10.6. The standard InChI is InChI=1S/C27H35N3O3S/c1-21-9-4-5-11-26(21)34(32,33)29-17-6-7-18-30-24(19-29)27(25(30)20-31)23-14-12-22(13-15-23)10-8-16-28(2)3/h4-5,9,11-15,24-25,27,31H,6-7,16-20H2,1-3H3/t24-,25+,27+/m0/s1. The molecular formula is C27H35N3O3S. The van der Waals surface area contributed by atoms with E-state index in [1.54, 1.807) is 16.4 Å². The van der Waals surface area contributed by atoms with Crippen molar-refractivity contribution in [3.05, 3.63) is 65.2 Å². The van der Waals surface area contributed by atoms with Gasteiger partial charge in [-0.15, -0.1) is 0 Å². The maximum Gasteiger partial charge on any atom is 0.243 e. The Balaban J connectivity index is 1.59. The number of hydrogen-bond acceptors (Lipinski definition) is 5. The van der Waals surface area contributed by atoms with Gasteiger partial charge >= 0.3 is 0 Å². The highest BCUT2D eigenvalue weighted by molar-refractivity contribution is 7.89. The molecule has 0 amide bonds. The van der Waals surface area contributed by atoms with Crippen molar-refractivity contribution < 1.29 is 13.5 Å². The molecule has 2 aliphatic heterocycles. The van der Waals surface area contributed by atoms with E-state index in [4.69, 9.17) is 0 Å². The number of sulfonamides is 1. The smallest absolute Gasteiger partial charge is 0.243 e. The predicted octanol–water partition coefficient (Wildman–Crippen LogP) is 2.52. The first-order chi connectivity index (χ1) is 16.3. The quantitative estimate of drug-likeness (QED) is 0.665. The molecule has 1 N–H and O–H groups in total. The molecule has 4 rings (SSSR count). The number of aryl methyl sites for hydroxylation is 1. The van der Waals surface area contributed by atoms with Crippen molar-refractivity contribution in [1.82, 2.24) is 14.1 Å². The molecule has 0 aliphatic carbocycles. The fourth-order valence-electron chi connectivity index (χ4n) is 5.20. The maximum absolute atomic E-state index is 13.6. The minimum Gasteiger partial charge on any atom is -0.395 e. The number of aliphatic hydroxyl groups excluding tert-OH is 1. The summed E-state index contributed by atoms with van der Waals surface area (Å²) in [6.07, 6.45) is 1.73. The van der Waals surface area contributed by atoms with E-state index in [0.717, 1.165) is 36.1 Å². The first kappa shape index (κ1) is 24.9. The van der Waals surface area contributed by atoms with Crippen molar-refractivity contribution in [2.45, 2.75) is 42.7 Å². The highest BCUT2D eigenvalue weighted by atomic mass is 32.2. The van der Waals surface area contributed by atoms with Crippen LogP contribution < -0.4 is 0 Å². The Kier molecular flexibility index (Phi) is 7.76. The molecule has 0 spiro atoms. The zero-order chi connectivity index (χ0) is 24.3. The molecule has 0 aromatic heterocycles. The lowest BCUT2D eigenvalue weighted by Gasteiger charge is -2.57. The van der Waals surface area contributed by atoms with Crippen molar-refractivity contribution in [3.8, 4) is 11.8 Å². The molecule has 3 atom stereocenters. The third-order valence-corrected chi connectivity index (χ3v) is 8.99. The van der Waals surface area contributed by atoms with Crippen LogP contribution in [0.2, 0.25) is 0 Å². The molecular weight excluding hydrogens is 446 g/mol. The number of nitrogens with zero attached hydrogens (tertiary/aromatic N) is 3. The van der Waals surface area contributed by atoms with Gasteiger partial charge in [-0.25, -0.2) is 8.42 Å². The maximum atomic E-state index is 13.6. The largest absolute Gasteiger partial charge is 0.395 e. The lowest BCUT2D eigenvalue weighted by Crippen LogP contribution is -2.67. The molecule has 2 aromatic rings. The van der Waals surface area contributed by atoms with Crippen LogP contribution in [0.1, 0.15) is 35.4 Å². The van der Waals surface area contributed by atoms with E-state index < -0.39 is 10.0 Å². The van der Waals surface area contributed by atoms with Gasteiger partial charge in [0, 0.05) is 36.7 Å². The summed E-state index contributed by atoms with van der Waals surface area (Å²) in [5.74, 6) is 6.43.